The quantitative estimate of drug-likeness (QED) is 0.461. The van der Waals surface area contributed by atoms with E-state index in [0.717, 1.165) is 23.9 Å². The second-order valence-corrected chi connectivity index (χ2v) is 6.54. The van der Waals surface area contributed by atoms with Gasteiger partial charge in [-0.2, -0.15) is 13.2 Å². The SMILES string of the molecule is C=CCn1c(SCC(=O)Nc2ccc(C(F)(F)F)cc2)nnc1-c1ccco1. The fourth-order valence-electron chi connectivity index (χ4n) is 2.35. The van der Waals surface area contributed by atoms with Gasteiger partial charge in [0.15, 0.2) is 10.9 Å². The maximum atomic E-state index is 12.6. The Balaban J connectivity index is 1.64. The maximum Gasteiger partial charge on any atom is 0.416 e. The summed E-state index contributed by atoms with van der Waals surface area (Å²) in [7, 11) is 0. The molecule has 2 heterocycles. The van der Waals surface area contributed by atoms with Crippen LogP contribution in [-0.4, -0.2) is 26.4 Å². The van der Waals surface area contributed by atoms with E-state index in [1.807, 2.05) is 0 Å². The number of alkyl halides is 3. The third-order valence-electron chi connectivity index (χ3n) is 3.60. The molecular weight excluding hydrogens is 393 g/mol. The topological polar surface area (TPSA) is 73.0 Å². The summed E-state index contributed by atoms with van der Waals surface area (Å²) in [6.45, 7) is 4.12. The van der Waals surface area contributed by atoms with Gasteiger partial charge in [-0.25, -0.2) is 0 Å². The van der Waals surface area contributed by atoms with E-state index in [2.05, 4.69) is 22.1 Å². The van der Waals surface area contributed by atoms with Crippen LogP contribution in [0.5, 0.6) is 0 Å². The molecule has 1 amide bonds. The second-order valence-electron chi connectivity index (χ2n) is 5.59. The molecule has 0 aliphatic heterocycles. The minimum atomic E-state index is -4.42. The van der Waals surface area contributed by atoms with Crippen LogP contribution in [0.4, 0.5) is 18.9 Å². The van der Waals surface area contributed by atoms with Gasteiger partial charge in [0.2, 0.25) is 11.7 Å². The number of aromatic nitrogens is 3. The zero-order valence-electron chi connectivity index (χ0n) is 14.4. The van der Waals surface area contributed by atoms with E-state index in [1.165, 1.54) is 18.4 Å². The van der Waals surface area contributed by atoms with Gasteiger partial charge in [-0.15, -0.1) is 16.8 Å². The number of amides is 1. The molecule has 1 N–H and O–H groups in total. The highest BCUT2D eigenvalue weighted by molar-refractivity contribution is 7.99. The standard InChI is InChI=1S/C18H15F3N4O2S/c1-2-9-25-16(14-4-3-10-27-14)23-24-17(25)28-11-15(26)22-13-7-5-12(6-8-13)18(19,20)21/h2-8,10H,1,9,11H2,(H,22,26). The van der Waals surface area contributed by atoms with Gasteiger partial charge >= 0.3 is 6.18 Å². The number of allylic oxidation sites excluding steroid dienone is 1. The number of carbonyl (C=O) groups is 1. The lowest BCUT2D eigenvalue weighted by atomic mass is 10.2. The summed E-state index contributed by atoms with van der Waals surface area (Å²) in [6.07, 6.45) is -1.23. The number of benzene rings is 1. The van der Waals surface area contributed by atoms with Crippen molar-refractivity contribution in [3.63, 3.8) is 0 Å². The molecule has 0 fully saturated rings. The largest absolute Gasteiger partial charge is 0.461 e. The number of furan rings is 1. The predicted octanol–water partition coefficient (Wildman–Crippen LogP) is 4.47. The number of anilines is 1. The molecule has 0 unspecified atom stereocenters. The molecule has 1 aromatic carbocycles. The van der Waals surface area contributed by atoms with E-state index in [0.29, 0.717) is 23.3 Å². The summed E-state index contributed by atoms with van der Waals surface area (Å²) < 4.78 is 44.8. The van der Waals surface area contributed by atoms with E-state index < -0.39 is 11.7 Å². The fourth-order valence-corrected chi connectivity index (χ4v) is 3.09. The zero-order chi connectivity index (χ0) is 20.1. The van der Waals surface area contributed by atoms with Crippen molar-refractivity contribution in [2.45, 2.75) is 17.9 Å². The summed E-state index contributed by atoms with van der Waals surface area (Å²) in [5.74, 6) is 0.678. The summed E-state index contributed by atoms with van der Waals surface area (Å²) in [4.78, 5) is 12.1. The van der Waals surface area contributed by atoms with Crippen LogP contribution in [0, 0.1) is 0 Å². The molecule has 0 aliphatic carbocycles. The van der Waals surface area contributed by atoms with Crippen LogP contribution >= 0.6 is 11.8 Å². The van der Waals surface area contributed by atoms with Crippen molar-refractivity contribution in [2.24, 2.45) is 0 Å². The Morgan fingerprint density at radius 1 is 1.25 bits per heavy atom. The summed E-state index contributed by atoms with van der Waals surface area (Å²) in [5, 5.41) is 11.2. The number of hydrogen-bond acceptors (Lipinski definition) is 5. The number of nitrogens with one attached hydrogen (secondary N) is 1. The van der Waals surface area contributed by atoms with Gasteiger partial charge < -0.3 is 9.73 Å². The summed E-state index contributed by atoms with van der Waals surface area (Å²) in [5.41, 5.74) is -0.495. The van der Waals surface area contributed by atoms with E-state index >= 15 is 0 Å². The third-order valence-corrected chi connectivity index (χ3v) is 4.57. The Morgan fingerprint density at radius 2 is 2.00 bits per heavy atom. The molecule has 0 saturated carbocycles. The normalized spacial score (nSPS) is 11.4. The Hall–Kier alpha value is -3.01. The second kappa shape index (κ2) is 8.34. The lowest BCUT2D eigenvalue weighted by Crippen LogP contribution is -2.15. The van der Waals surface area contributed by atoms with Gasteiger partial charge in [-0.3, -0.25) is 9.36 Å². The lowest BCUT2D eigenvalue weighted by Gasteiger charge is -2.09. The molecule has 0 radical (unpaired) electrons. The molecule has 6 nitrogen and oxygen atoms in total. The van der Waals surface area contributed by atoms with E-state index in [9.17, 15) is 18.0 Å². The summed E-state index contributed by atoms with van der Waals surface area (Å²) >= 11 is 1.15. The first kappa shape index (κ1) is 19.7. The predicted molar refractivity (Wildman–Crippen MR) is 98.7 cm³/mol. The number of nitrogens with zero attached hydrogens (tertiary/aromatic N) is 3. The minimum Gasteiger partial charge on any atom is -0.461 e. The lowest BCUT2D eigenvalue weighted by molar-refractivity contribution is -0.137. The molecule has 3 rings (SSSR count). The molecule has 0 aliphatic rings. The molecule has 3 aromatic rings. The van der Waals surface area contributed by atoms with Crippen molar-refractivity contribution in [1.29, 1.82) is 0 Å². The van der Waals surface area contributed by atoms with Crippen molar-refractivity contribution in [2.75, 3.05) is 11.1 Å². The van der Waals surface area contributed by atoms with Gasteiger partial charge in [0, 0.05) is 12.2 Å². The highest BCUT2D eigenvalue weighted by atomic mass is 32.2. The number of carbonyl (C=O) groups excluding carboxylic acids is 1. The van der Waals surface area contributed by atoms with Gasteiger partial charge in [0.1, 0.15) is 0 Å². The molecule has 28 heavy (non-hydrogen) atoms. The summed E-state index contributed by atoms with van der Waals surface area (Å²) in [6, 6.07) is 7.72. The smallest absolute Gasteiger partial charge is 0.416 e. The number of thioether (sulfide) groups is 1. The number of rotatable bonds is 7. The highest BCUT2D eigenvalue weighted by Crippen LogP contribution is 2.30. The Morgan fingerprint density at radius 3 is 2.61 bits per heavy atom. The van der Waals surface area contributed by atoms with Gasteiger partial charge in [0.05, 0.1) is 17.6 Å². The average molecular weight is 408 g/mol. The van der Waals surface area contributed by atoms with Crippen molar-refractivity contribution in [3.8, 4) is 11.6 Å². The third kappa shape index (κ3) is 4.63. The van der Waals surface area contributed by atoms with Crippen LogP contribution in [0.3, 0.4) is 0 Å². The molecule has 2 aromatic heterocycles. The minimum absolute atomic E-state index is 0.00839. The monoisotopic (exact) mass is 408 g/mol. The fraction of sp³-hybridized carbons (Fsp3) is 0.167. The van der Waals surface area contributed by atoms with Crippen molar-refractivity contribution in [1.82, 2.24) is 14.8 Å². The first-order chi connectivity index (χ1) is 13.4. The van der Waals surface area contributed by atoms with E-state index in [4.69, 9.17) is 4.42 Å². The highest BCUT2D eigenvalue weighted by Gasteiger charge is 2.30. The van der Waals surface area contributed by atoms with Crippen LogP contribution < -0.4 is 5.32 Å². The Bertz CT molecular complexity index is 950. The first-order valence-electron chi connectivity index (χ1n) is 8.06. The van der Waals surface area contributed by atoms with Crippen LogP contribution in [0.25, 0.3) is 11.6 Å². The van der Waals surface area contributed by atoms with Crippen molar-refractivity contribution >= 4 is 23.4 Å². The molecule has 0 atom stereocenters. The van der Waals surface area contributed by atoms with E-state index in [1.54, 1.807) is 22.8 Å². The zero-order valence-corrected chi connectivity index (χ0v) is 15.3. The average Bonchev–Trinajstić information content (AvgIpc) is 3.30. The first-order valence-corrected chi connectivity index (χ1v) is 9.05. The van der Waals surface area contributed by atoms with Crippen LogP contribution in [-0.2, 0) is 17.5 Å². The molecule has 146 valence electrons. The number of halogens is 3. The van der Waals surface area contributed by atoms with Crippen LogP contribution in [0.2, 0.25) is 0 Å². The Kier molecular flexibility index (Phi) is 5.88. The molecule has 0 saturated heterocycles. The molecule has 10 heteroatoms. The van der Waals surface area contributed by atoms with Crippen LogP contribution in [0.1, 0.15) is 5.56 Å². The van der Waals surface area contributed by atoms with Gasteiger partial charge in [0.25, 0.3) is 0 Å². The maximum absolute atomic E-state index is 12.6. The molecular formula is C18H15F3N4O2S. The molecule has 0 spiro atoms. The van der Waals surface area contributed by atoms with E-state index in [-0.39, 0.29) is 17.3 Å². The molecule has 0 bridgehead atoms. The Labute approximate surface area is 162 Å². The van der Waals surface area contributed by atoms with Gasteiger partial charge in [-0.05, 0) is 36.4 Å². The van der Waals surface area contributed by atoms with Gasteiger partial charge in [-0.1, -0.05) is 17.8 Å². The number of hydrogen-bond donors (Lipinski definition) is 1. The van der Waals surface area contributed by atoms with Crippen LogP contribution in [0.15, 0.2) is 64.9 Å². The van der Waals surface area contributed by atoms with Crippen molar-refractivity contribution < 1.29 is 22.4 Å². The van der Waals surface area contributed by atoms with Crippen molar-refractivity contribution in [3.05, 3.63) is 60.9 Å².